The number of alkyl halides is 3. The van der Waals surface area contributed by atoms with Crippen molar-refractivity contribution in [1.82, 2.24) is 9.88 Å². The minimum Gasteiger partial charge on any atom is -0.488 e. The number of carbonyl (C=O) groups is 1. The van der Waals surface area contributed by atoms with Gasteiger partial charge < -0.3 is 9.64 Å². The summed E-state index contributed by atoms with van der Waals surface area (Å²) in [6.45, 7) is 8.30. The van der Waals surface area contributed by atoms with E-state index < -0.39 is 34.4 Å². The number of hydrogen-bond donors (Lipinski definition) is 0. The summed E-state index contributed by atoms with van der Waals surface area (Å²) >= 11 is 0. The molecule has 162 valence electrons. The number of halogens is 3. The lowest BCUT2D eigenvalue weighted by Gasteiger charge is -2.65. The van der Waals surface area contributed by atoms with Crippen molar-refractivity contribution in [3.05, 3.63) is 58.9 Å². The first-order chi connectivity index (χ1) is 14.4. The molecule has 0 radical (unpaired) electrons. The van der Waals surface area contributed by atoms with E-state index in [-0.39, 0.29) is 17.7 Å². The van der Waals surface area contributed by atoms with Gasteiger partial charge in [-0.1, -0.05) is 45.9 Å². The normalized spacial score (nSPS) is 23.7. The molecule has 0 atom stereocenters. The molecule has 5 nitrogen and oxygen atoms in total. The summed E-state index contributed by atoms with van der Waals surface area (Å²) in [5.74, 6) is -0.0912. The van der Waals surface area contributed by atoms with E-state index >= 15 is 0 Å². The maximum absolute atomic E-state index is 13.3. The molecular weight excluding hydrogens is 407 g/mol. The van der Waals surface area contributed by atoms with Crippen molar-refractivity contribution in [2.24, 2.45) is 10.8 Å². The molecule has 0 spiro atoms. The van der Waals surface area contributed by atoms with Gasteiger partial charge in [-0.25, -0.2) is 4.98 Å². The van der Waals surface area contributed by atoms with E-state index in [1.807, 2.05) is 56.9 Å². The molecule has 1 aliphatic carbocycles. The summed E-state index contributed by atoms with van der Waals surface area (Å²) < 4.78 is 45.9. The van der Waals surface area contributed by atoms with E-state index in [2.05, 4.69) is 4.98 Å². The number of benzene rings is 1. The molecule has 2 heterocycles. The molecule has 2 aliphatic rings. The minimum atomic E-state index is -4.71. The van der Waals surface area contributed by atoms with Crippen LogP contribution in [0, 0.1) is 22.2 Å². The highest BCUT2D eigenvalue weighted by Gasteiger charge is 2.67. The van der Waals surface area contributed by atoms with Gasteiger partial charge in [-0.15, -0.1) is 0 Å². The molecule has 2 aromatic rings. The van der Waals surface area contributed by atoms with Gasteiger partial charge in [0.25, 0.3) is 5.91 Å². The van der Waals surface area contributed by atoms with Gasteiger partial charge in [0.1, 0.15) is 17.9 Å². The zero-order chi connectivity index (χ0) is 22.8. The van der Waals surface area contributed by atoms with Gasteiger partial charge in [0.2, 0.25) is 0 Å². The van der Waals surface area contributed by atoms with Crippen molar-refractivity contribution in [2.45, 2.75) is 52.6 Å². The predicted octanol–water partition coefficient (Wildman–Crippen LogP) is 4.81. The van der Waals surface area contributed by atoms with Gasteiger partial charge in [-0.2, -0.15) is 18.4 Å². The number of rotatable bonds is 3. The lowest BCUT2D eigenvalue weighted by Crippen LogP contribution is -2.74. The molecule has 1 aromatic carbocycles. The molecule has 1 aromatic heterocycles. The Morgan fingerprint density at radius 1 is 1.19 bits per heavy atom. The largest absolute Gasteiger partial charge is 0.488 e. The minimum absolute atomic E-state index is 0.0420. The molecular formula is C23H22F3N3O2. The summed E-state index contributed by atoms with van der Waals surface area (Å²) in [4.78, 5) is 18.5. The number of nitrogens with zero attached hydrogens (tertiary/aromatic N) is 3. The van der Waals surface area contributed by atoms with Crippen molar-refractivity contribution in [2.75, 3.05) is 0 Å². The number of amides is 1. The second-order valence-corrected chi connectivity index (χ2v) is 9.31. The SMILES string of the molecule is CC1(C)C(Oc2cnc(C#N)c(C(F)(F)F)c2)C(C)(C)C1N1Cc2ccccc2C1=O. The Hall–Kier alpha value is -3.08. The number of carbonyl (C=O) groups excluding carboxylic acids is 1. The fraction of sp³-hybridized carbons (Fsp3) is 0.435. The molecule has 8 heteroatoms. The summed E-state index contributed by atoms with van der Waals surface area (Å²) in [6.07, 6.45) is -4.03. The number of nitriles is 1. The van der Waals surface area contributed by atoms with Crippen LogP contribution in [0.15, 0.2) is 36.5 Å². The van der Waals surface area contributed by atoms with Crippen molar-refractivity contribution < 1.29 is 22.7 Å². The lowest BCUT2D eigenvalue weighted by molar-refractivity contribution is -0.199. The van der Waals surface area contributed by atoms with Gasteiger partial charge in [0.05, 0.1) is 11.8 Å². The summed E-state index contributed by atoms with van der Waals surface area (Å²) in [5, 5.41) is 8.94. The van der Waals surface area contributed by atoms with Crippen LogP contribution in [0.25, 0.3) is 0 Å². The smallest absolute Gasteiger partial charge is 0.419 e. The van der Waals surface area contributed by atoms with Crippen LogP contribution in [-0.2, 0) is 12.7 Å². The third-order valence-corrected chi connectivity index (χ3v) is 6.45. The highest BCUT2D eigenvalue weighted by Crippen LogP contribution is 2.59. The molecule has 1 saturated carbocycles. The number of pyridine rings is 1. The van der Waals surface area contributed by atoms with E-state index in [9.17, 15) is 18.0 Å². The standard InChI is InChI=1S/C23H22F3N3O2/c1-21(2)19(29-12-13-7-5-6-8-15(13)18(29)30)22(3,4)20(21)31-14-9-16(23(24,25)26)17(10-27)28-11-14/h5-9,11,19-20H,12H2,1-4H3. The van der Waals surface area contributed by atoms with Crippen molar-refractivity contribution >= 4 is 5.91 Å². The summed E-state index contributed by atoms with van der Waals surface area (Å²) in [5.41, 5.74) is -1.20. The highest BCUT2D eigenvalue weighted by molar-refractivity contribution is 5.98. The highest BCUT2D eigenvalue weighted by atomic mass is 19.4. The van der Waals surface area contributed by atoms with Crippen molar-refractivity contribution in [3.63, 3.8) is 0 Å². The van der Waals surface area contributed by atoms with Crippen LogP contribution in [0.4, 0.5) is 13.2 Å². The first-order valence-electron chi connectivity index (χ1n) is 9.92. The lowest BCUT2D eigenvalue weighted by atomic mass is 9.49. The van der Waals surface area contributed by atoms with Crippen LogP contribution in [0.3, 0.4) is 0 Å². The molecule has 0 bridgehead atoms. The molecule has 1 fully saturated rings. The Balaban J connectivity index is 1.62. The summed E-state index contributed by atoms with van der Waals surface area (Å²) in [6, 6.07) is 9.60. The Bertz CT molecular complexity index is 1090. The molecule has 0 saturated heterocycles. The molecule has 1 amide bonds. The fourth-order valence-corrected chi connectivity index (χ4v) is 5.65. The molecule has 0 N–H and O–H groups in total. The van der Waals surface area contributed by atoms with Gasteiger partial charge in [0, 0.05) is 29.0 Å². The van der Waals surface area contributed by atoms with Gasteiger partial charge >= 0.3 is 6.18 Å². The van der Waals surface area contributed by atoms with Crippen LogP contribution in [0.2, 0.25) is 0 Å². The van der Waals surface area contributed by atoms with E-state index in [0.29, 0.717) is 12.1 Å². The Kier molecular flexibility index (Phi) is 4.58. The number of hydrogen-bond acceptors (Lipinski definition) is 4. The monoisotopic (exact) mass is 429 g/mol. The number of ether oxygens (including phenoxy) is 1. The van der Waals surface area contributed by atoms with Gasteiger partial charge in [0.15, 0.2) is 5.69 Å². The number of fused-ring (bicyclic) bond motifs is 1. The van der Waals surface area contributed by atoms with Crippen LogP contribution < -0.4 is 4.74 Å². The molecule has 31 heavy (non-hydrogen) atoms. The maximum Gasteiger partial charge on any atom is 0.419 e. The maximum atomic E-state index is 13.3. The van der Waals surface area contributed by atoms with E-state index in [1.54, 1.807) is 0 Å². The Labute approximate surface area is 178 Å². The van der Waals surface area contributed by atoms with Gasteiger partial charge in [-0.05, 0) is 17.7 Å². The average molecular weight is 429 g/mol. The zero-order valence-electron chi connectivity index (χ0n) is 17.6. The molecule has 1 aliphatic heterocycles. The van der Waals surface area contributed by atoms with Crippen LogP contribution in [-0.4, -0.2) is 27.9 Å². The zero-order valence-corrected chi connectivity index (χ0v) is 17.6. The van der Waals surface area contributed by atoms with E-state index in [4.69, 9.17) is 10.00 Å². The third-order valence-electron chi connectivity index (χ3n) is 6.45. The predicted molar refractivity (Wildman–Crippen MR) is 106 cm³/mol. The molecule has 4 rings (SSSR count). The number of aromatic nitrogens is 1. The first-order valence-corrected chi connectivity index (χ1v) is 9.92. The summed E-state index contributed by atoms with van der Waals surface area (Å²) in [7, 11) is 0. The first kappa shape index (κ1) is 21.2. The van der Waals surface area contributed by atoms with Crippen LogP contribution >= 0.6 is 0 Å². The van der Waals surface area contributed by atoms with E-state index in [1.165, 1.54) is 6.07 Å². The van der Waals surface area contributed by atoms with Crippen molar-refractivity contribution in [1.29, 1.82) is 5.26 Å². The molecule has 0 unspecified atom stereocenters. The van der Waals surface area contributed by atoms with E-state index in [0.717, 1.165) is 17.8 Å². The fourth-order valence-electron chi connectivity index (χ4n) is 5.65. The second kappa shape index (κ2) is 6.71. The van der Waals surface area contributed by atoms with Crippen LogP contribution in [0.1, 0.15) is 54.9 Å². The Morgan fingerprint density at radius 2 is 1.84 bits per heavy atom. The van der Waals surface area contributed by atoms with Crippen LogP contribution in [0.5, 0.6) is 5.75 Å². The third kappa shape index (κ3) is 3.14. The van der Waals surface area contributed by atoms with Crippen molar-refractivity contribution in [3.8, 4) is 11.8 Å². The van der Waals surface area contributed by atoms with Gasteiger partial charge in [-0.3, -0.25) is 4.79 Å². The average Bonchev–Trinajstić information content (AvgIpc) is 3.00. The Morgan fingerprint density at radius 3 is 2.42 bits per heavy atom. The quantitative estimate of drug-likeness (QED) is 0.702. The topological polar surface area (TPSA) is 66.2 Å². The second-order valence-electron chi connectivity index (χ2n) is 9.31.